The van der Waals surface area contributed by atoms with Gasteiger partial charge in [-0.05, 0) is 30.2 Å². The Morgan fingerprint density at radius 3 is 2.93 bits per heavy atom. The molecule has 1 aliphatic rings. The summed E-state index contributed by atoms with van der Waals surface area (Å²) in [5.74, 6) is 1.70. The van der Waals surface area contributed by atoms with E-state index in [4.69, 9.17) is 15.2 Å². The second-order valence-electron chi connectivity index (χ2n) is 3.50. The molecular formula is C12H15NO2. The number of fused-ring (bicyclic) bond motifs is 1. The van der Waals surface area contributed by atoms with Crippen molar-refractivity contribution in [3.05, 3.63) is 29.3 Å². The van der Waals surface area contributed by atoms with Crippen molar-refractivity contribution in [3.8, 4) is 11.5 Å². The van der Waals surface area contributed by atoms with Crippen molar-refractivity contribution in [2.75, 3.05) is 19.8 Å². The Labute approximate surface area is 89.5 Å². The molecule has 2 N–H and O–H groups in total. The minimum Gasteiger partial charge on any atom is -0.486 e. The van der Waals surface area contributed by atoms with E-state index in [1.54, 1.807) is 0 Å². The fourth-order valence-electron chi connectivity index (χ4n) is 1.66. The van der Waals surface area contributed by atoms with Crippen LogP contribution >= 0.6 is 0 Å². The van der Waals surface area contributed by atoms with Crippen molar-refractivity contribution in [2.24, 2.45) is 5.73 Å². The maximum atomic E-state index is 5.54. The first-order valence-corrected chi connectivity index (χ1v) is 5.08. The number of aryl methyl sites for hydroxylation is 1. The molecular weight excluding hydrogens is 190 g/mol. The van der Waals surface area contributed by atoms with Crippen LogP contribution in [0.1, 0.15) is 11.1 Å². The van der Waals surface area contributed by atoms with Crippen LogP contribution in [0.15, 0.2) is 18.2 Å². The molecule has 0 fully saturated rings. The quantitative estimate of drug-likeness (QED) is 0.799. The number of nitrogens with two attached hydrogens (primary N) is 1. The molecule has 0 spiro atoms. The molecule has 1 aromatic rings. The molecule has 0 bridgehead atoms. The highest BCUT2D eigenvalue weighted by molar-refractivity contribution is 5.59. The van der Waals surface area contributed by atoms with Crippen LogP contribution < -0.4 is 15.2 Å². The number of hydrogen-bond acceptors (Lipinski definition) is 3. The molecule has 0 amide bonds. The lowest BCUT2D eigenvalue weighted by Gasteiger charge is -2.20. The summed E-state index contributed by atoms with van der Waals surface area (Å²) in [6, 6.07) is 4.05. The van der Waals surface area contributed by atoms with Gasteiger partial charge in [-0.15, -0.1) is 0 Å². The van der Waals surface area contributed by atoms with Crippen LogP contribution in [0, 0.1) is 6.92 Å². The molecule has 2 rings (SSSR count). The van der Waals surface area contributed by atoms with E-state index in [1.165, 1.54) is 0 Å². The van der Waals surface area contributed by atoms with E-state index in [-0.39, 0.29) is 0 Å². The fraction of sp³-hybridized carbons (Fsp3) is 0.333. The van der Waals surface area contributed by atoms with Gasteiger partial charge in [0.1, 0.15) is 13.2 Å². The molecule has 3 heteroatoms. The van der Waals surface area contributed by atoms with Crippen LogP contribution in [-0.4, -0.2) is 19.8 Å². The van der Waals surface area contributed by atoms with Crippen molar-refractivity contribution in [1.82, 2.24) is 0 Å². The largest absolute Gasteiger partial charge is 0.486 e. The first kappa shape index (κ1) is 10.1. The molecule has 0 aliphatic carbocycles. The monoisotopic (exact) mass is 205 g/mol. The summed E-state index contributed by atoms with van der Waals surface area (Å²) < 4.78 is 11.1. The lowest BCUT2D eigenvalue weighted by Crippen LogP contribution is -2.16. The summed E-state index contributed by atoms with van der Waals surface area (Å²) in [6.45, 7) is 3.82. The van der Waals surface area contributed by atoms with Gasteiger partial charge in [0.25, 0.3) is 0 Å². The third-order valence-electron chi connectivity index (χ3n) is 2.30. The van der Waals surface area contributed by atoms with E-state index >= 15 is 0 Å². The van der Waals surface area contributed by atoms with Crippen LogP contribution in [-0.2, 0) is 0 Å². The van der Waals surface area contributed by atoms with Crippen LogP contribution in [0.4, 0.5) is 0 Å². The molecule has 0 unspecified atom stereocenters. The number of ether oxygens (including phenoxy) is 2. The molecule has 0 aromatic heterocycles. The number of benzene rings is 1. The van der Waals surface area contributed by atoms with Gasteiger partial charge in [-0.25, -0.2) is 0 Å². The predicted octanol–water partition coefficient (Wildman–Crippen LogP) is 1.74. The van der Waals surface area contributed by atoms with E-state index < -0.39 is 0 Å². The van der Waals surface area contributed by atoms with Crippen molar-refractivity contribution in [1.29, 1.82) is 0 Å². The second-order valence-corrected chi connectivity index (χ2v) is 3.50. The molecule has 1 heterocycles. The minimum absolute atomic E-state index is 0.549. The zero-order chi connectivity index (χ0) is 10.7. The molecule has 0 atom stereocenters. The van der Waals surface area contributed by atoms with Gasteiger partial charge in [-0.2, -0.15) is 0 Å². The lowest BCUT2D eigenvalue weighted by molar-refractivity contribution is 0.170. The Bertz CT molecular complexity index is 385. The average molecular weight is 205 g/mol. The van der Waals surface area contributed by atoms with Gasteiger partial charge in [-0.3, -0.25) is 0 Å². The Morgan fingerprint density at radius 1 is 1.33 bits per heavy atom. The fourth-order valence-corrected chi connectivity index (χ4v) is 1.66. The van der Waals surface area contributed by atoms with Crippen LogP contribution in [0.3, 0.4) is 0 Å². The van der Waals surface area contributed by atoms with Gasteiger partial charge in [0, 0.05) is 6.54 Å². The Hall–Kier alpha value is -1.48. The topological polar surface area (TPSA) is 44.5 Å². The summed E-state index contributed by atoms with van der Waals surface area (Å²) in [6.07, 6.45) is 3.91. The predicted molar refractivity (Wildman–Crippen MR) is 60.3 cm³/mol. The van der Waals surface area contributed by atoms with E-state index in [0.29, 0.717) is 19.8 Å². The van der Waals surface area contributed by atoms with Crippen molar-refractivity contribution >= 4 is 6.08 Å². The molecule has 1 aliphatic heterocycles. The van der Waals surface area contributed by atoms with Crippen molar-refractivity contribution in [2.45, 2.75) is 6.92 Å². The van der Waals surface area contributed by atoms with Crippen molar-refractivity contribution < 1.29 is 9.47 Å². The average Bonchev–Trinajstić information content (AvgIpc) is 2.26. The van der Waals surface area contributed by atoms with Crippen LogP contribution in [0.2, 0.25) is 0 Å². The molecule has 1 aromatic carbocycles. The Morgan fingerprint density at radius 2 is 2.13 bits per heavy atom. The summed E-state index contributed by atoms with van der Waals surface area (Å²) >= 11 is 0. The third-order valence-corrected chi connectivity index (χ3v) is 2.30. The maximum Gasteiger partial charge on any atom is 0.164 e. The van der Waals surface area contributed by atoms with E-state index in [0.717, 1.165) is 22.6 Å². The normalized spacial score (nSPS) is 14.5. The van der Waals surface area contributed by atoms with Gasteiger partial charge < -0.3 is 15.2 Å². The molecule has 80 valence electrons. The van der Waals surface area contributed by atoms with E-state index in [9.17, 15) is 0 Å². The maximum absolute atomic E-state index is 5.54. The summed E-state index contributed by atoms with van der Waals surface area (Å²) in [5.41, 5.74) is 7.61. The summed E-state index contributed by atoms with van der Waals surface area (Å²) in [4.78, 5) is 0. The molecule has 15 heavy (non-hydrogen) atoms. The van der Waals surface area contributed by atoms with Crippen LogP contribution in [0.25, 0.3) is 6.08 Å². The highest BCUT2D eigenvalue weighted by Gasteiger charge is 2.14. The Kier molecular flexibility index (Phi) is 2.92. The zero-order valence-corrected chi connectivity index (χ0v) is 8.82. The number of rotatable bonds is 2. The van der Waals surface area contributed by atoms with Gasteiger partial charge in [-0.1, -0.05) is 12.2 Å². The van der Waals surface area contributed by atoms with Gasteiger partial charge in [0.2, 0.25) is 0 Å². The van der Waals surface area contributed by atoms with Crippen LogP contribution in [0.5, 0.6) is 11.5 Å². The standard InChI is InChI=1S/C12H15NO2/c1-9-7-10(3-2-4-13)8-11-12(9)15-6-5-14-11/h2-3,7-8H,4-6,13H2,1H3/b3-2+. The second kappa shape index (κ2) is 4.36. The highest BCUT2D eigenvalue weighted by atomic mass is 16.6. The summed E-state index contributed by atoms with van der Waals surface area (Å²) in [5, 5.41) is 0. The number of hydrogen-bond donors (Lipinski definition) is 1. The summed E-state index contributed by atoms with van der Waals surface area (Å²) in [7, 11) is 0. The third kappa shape index (κ3) is 2.13. The molecule has 0 saturated carbocycles. The molecule has 0 radical (unpaired) electrons. The van der Waals surface area contributed by atoms with Gasteiger partial charge in [0.15, 0.2) is 11.5 Å². The van der Waals surface area contributed by atoms with E-state index in [1.807, 2.05) is 25.1 Å². The van der Waals surface area contributed by atoms with E-state index in [2.05, 4.69) is 6.07 Å². The van der Waals surface area contributed by atoms with Gasteiger partial charge >= 0.3 is 0 Å². The van der Waals surface area contributed by atoms with Crippen molar-refractivity contribution in [3.63, 3.8) is 0 Å². The first-order chi connectivity index (χ1) is 7.31. The molecule has 3 nitrogen and oxygen atoms in total. The Balaban J connectivity index is 2.36. The highest BCUT2D eigenvalue weighted by Crippen LogP contribution is 2.34. The lowest BCUT2D eigenvalue weighted by atomic mass is 10.1. The minimum atomic E-state index is 0.549. The smallest absolute Gasteiger partial charge is 0.164 e. The SMILES string of the molecule is Cc1cc(/C=C/CN)cc2c1OCCO2. The zero-order valence-electron chi connectivity index (χ0n) is 8.82. The van der Waals surface area contributed by atoms with Gasteiger partial charge in [0.05, 0.1) is 0 Å². The molecule has 0 saturated heterocycles. The first-order valence-electron chi connectivity index (χ1n) is 5.08.